The second kappa shape index (κ2) is 8.90. The molecule has 0 aromatic heterocycles. The minimum Gasteiger partial charge on any atom is -0.294 e. The maximum Gasteiger partial charge on any atom is 0.242 e. The number of aryl methyl sites for hydroxylation is 2. The third-order valence-corrected chi connectivity index (χ3v) is 6.55. The summed E-state index contributed by atoms with van der Waals surface area (Å²) >= 11 is 1.36. The number of Topliss-reactive ketones (excluding diaryl/α,β-unsaturated/α-hetero) is 1. The van der Waals surface area contributed by atoms with Crippen LogP contribution in [-0.2, 0) is 4.79 Å². The first kappa shape index (κ1) is 21.1. The van der Waals surface area contributed by atoms with Crippen LogP contribution in [0, 0.1) is 13.8 Å². The van der Waals surface area contributed by atoms with Gasteiger partial charge < -0.3 is 0 Å². The van der Waals surface area contributed by atoms with E-state index in [0.29, 0.717) is 17.3 Å². The Morgan fingerprint density at radius 1 is 1.13 bits per heavy atom. The number of nitrogens with zero attached hydrogens (tertiary/aromatic N) is 2. The van der Waals surface area contributed by atoms with Gasteiger partial charge in [-0.2, -0.15) is 0 Å². The Kier molecular flexibility index (Phi) is 6.05. The number of rotatable bonds is 6. The molecular weight excluding hydrogens is 404 g/mol. The van der Waals surface area contributed by atoms with Crippen molar-refractivity contribution < 1.29 is 9.59 Å². The molecule has 3 aromatic carbocycles. The van der Waals surface area contributed by atoms with Crippen molar-refractivity contribution in [3.63, 3.8) is 0 Å². The average Bonchev–Trinajstić information content (AvgIpc) is 3.05. The molecule has 0 aliphatic carbocycles. The van der Waals surface area contributed by atoms with E-state index in [4.69, 9.17) is 4.99 Å². The standard InChI is InChI=1S/C26H24N2O2S/c1-4-14-28-25(30)24(16-23(29)21-15-17(2)12-13-18(21)3)31-26(28)27-22-11-7-9-19-8-5-6-10-20(19)22/h4-13,15,24H,1,14,16H2,2-3H3. The van der Waals surface area contributed by atoms with Gasteiger partial charge in [0.2, 0.25) is 5.91 Å². The molecule has 1 amide bonds. The Hall–Kier alpha value is -3.18. The molecule has 1 heterocycles. The van der Waals surface area contributed by atoms with Crippen LogP contribution in [0.3, 0.4) is 0 Å². The summed E-state index contributed by atoms with van der Waals surface area (Å²) in [5, 5.41) is 2.25. The Balaban J connectivity index is 1.64. The Morgan fingerprint density at radius 2 is 1.90 bits per heavy atom. The number of hydrogen-bond acceptors (Lipinski definition) is 4. The predicted octanol–water partition coefficient (Wildman–Crippen LogP) is 5.85. The van der Waals surface area contributed by atoms with E-state index in [-0.39, 0.29) is 18.1 Å². The average molecular weight is 429 g/mol. The van der Waals surface area contributed by atoms with Gasteiger partial charge in [0.05, 0.1) is 10.9 Å². The molecule has 1 aliphatic rings. The molecule has 1 atom stereocenters. The number of hydrogen-bond donors (Lipinski definition) is 0. The van der Waals surface area contributed by atoms with E-state index in [1.165, 1.54) is 11.8 Å². The molecule has 5 heteroatoms. The molecule has 156 valence electrons. The maximum absolute atomic E-state index is 13.1. The fourth-order valence-corrected chi connectivity index (χ4v) is 4.91. The van der Waals surface area contributed by atoms with Gasteiger partial charge in [0.15, 0.2) is 11.0 Å². The van der Waals surface area contributed by atoms with Gasteiger partial charge in [-0.1, -0.05) is 71.9 Å². The third kappa shape index (κ3) is 4.32. The topological polar surface area (TPSA) is 49.7 Å². The number of amidine groups is 1. The largest absolute Gasteiger partial charge is 0.294 e. The summed E-state index contributed by atoms with van der Waals surface area (Å²) in [6, 6.07) is 19.8. The Morgan fingerprint density at radius 3 is 2.71 bits per heavy atom. The van der Waals surface area contributed by atoms with Gasteiger partial charge in [0.25, 0.3) is 0 Å². The highest BCUT2D eigenvalue weighted by molar-refractivity contribution is 8.15. The second-order valence-corrected chi connectivity index (χ2v) is 8.85. The number of aliphatic imine (C=N–C) groups is 1. The molecule has 0 N–H and O–H groups in total. The van der Waals surface area contributed by atoms with Gasteiger partial charge in [0, 0.05) is 23.9 Å². The molecule has 0 spiro atoms. The predicted molar refractivity (Wildman–Crippen MR) is 129 cm³/mol. The van der Waals surface area contributed by atoms with E-state index in [1.807, 2.05) is 74.5 Å². The summed E-state index contributed by atoms with van der Waals surface area (Å²) in [7, 11) is 0. The number of amides is 1. The first-order valence-electron chi connectivity index (χ1n) is 10.2. The molecule has 31 heavy (non-hydrogen) atoms. The molecular formula is C26H24N2O2S. The molecule has 0 radical (unpaired) electrons. The smallest absolute Gasteiger partial charge is 0.242 e. The van der Waals surface area contributed by atoms with E-state index < -0.39 is 5.25 Å². The van der Waals surface area contributed by atoms with E-state index in [9.17, 15) is 9.59 Å². The third-order valence-electron chi connectivity index (χ3n) is 5.38. The Bertz CT molecular complexity index is 1210. The lowest BCUT2D eigenvalue weighted by molar-refractivity contribution is -0.125. The summed E-state index contributed by atoms with van der Waals surface area (Å²) in [6.45, 7) is 8.03. The molecule has 4 rings (SSSR count). The van der Waals surface area contributed by atoms with Crippen molar-refractivity contribution in [2.75, 3.05) is 6.54 Å². The van der Waals surface area contributed by atoms with Crippen molar-refractivity contribution in [3.05, 3.63) is 90.0 Å². The van der Waals surface area contributed by atoms with Crippen LogP contribution in [-0.4, -0.2) is 33.6 Å². The number of carbonyl (C=O) groups is 2. The van der Waals surface area contributed by atoms with Gasteiger partial charge in [0.1, 0.15) is 0 Å². The van der Waals surface area contributed by atoms with Crippen LogP contribution < -0.4 is 0 Å². The monoisotopic (exact) mass is 428 g/mol. The van der Waals surface area contributed by atoms with Crippen molar-refractivity contribution in [1.82, 2.24) is 4.90 Å². The van der Waals surface area contributed by atoms with Crippen LogP contribution in [0.1, 0.15) is 27.9 Å². The van der Waals surface area contributed by atoms with Crippen molar-refractivity contribution in [2.45, 2.75) is 25.5 Å². The van der Waals surface area contributed by atoms with Crippen LogP contribution in [0.2, 0.25) is 0 Å². The lowest BCUT2D eigenvalue weighted by atomic mass is 9.99. The lowest BCUT2D eigenvalue weighted by Crippen LogP contribution is -2.33. The summed E-state index contributed by atoms with van der Waals surface area (Å²) in [5.74, 6) is -0.112. The SMILES string of the molecule is C=CCN1C(=O)C(CC(=O)c2cc(C)ccc2C)SC1=Nc1cccc2ccccc12. The Labute approximate surface area is 186 Å². The maximum atomic E-state index is 13.1. The normalized spacial score (nSPS) is 17.5. The molecule has 0 saturated carbocycles. The zero-order chi connectivity index (χ0) is 22.0. The summed E-state index contributed by atoms with van der Waals surface area (Å²) in [5.41, 5.74) is 3.46. The summed E-state index contributed by atoms with van der Waals surface area (Å²) < 4.78 is 0. The minimum atomic E-state index is -0.485. The van der Waals surface area contributed by atoms with Crippen molar-refractivity contribution >= 4 is 45.1 Å². The highest BCUT2D eigenvalue weighted by Gasteiger charge is 2.38. The first-order valence-corrected chi connectivity index (χ1v) is 11.1. The number of carbonyl (C=O) groups excluding carboxylic acids is 2. The van der Waals surface area contributed by atoms with Gasteiger partial charge in [-0.05, 0) is 36.9 Å². The van der Waals surface area contributed by atoms with Crippen molar-refractivity contribution in [1.29, 1.82) is 0 Å². The molecule has 1 fully saturated rings. The van der Waals surface area contributed by atoms with E-state index in [1.54, 1.807) is 11.0 Å². The quantitative estimate of drug-likeness (QED) is 0.366. The van der Waals surface area contributed by atoms with E-state index in [0.717, 1.165) is 27.6 Å². The zero-order valence-corrected chi connectivity index (χ0v) is 18.5. The molecule has 1 unspecified atom stereocenters. The van der Waals surface area contributed by atoms with Gasteiger partial charge in [-0.3, -0.25) is 14.5 Å². The lowest BCUT2D eigenvalue weighted by Gasteiger charge is -2.14. The molecule has 0 bridgehead atoms. The van der Waals surface area contributed by atoms with Gasteiger partial charge >= 0.3 is 0 Å². The van der Waals surface area contributed by atoms with Crippen LogP contribution in [0.5, 0.6) is 0 Å². The fourth-order valence-electron chi connectivity index (χ4n) is 3.75. The summed E-state index contributed by atoms with van der Waals surface area (Å²) in [4.78, 5) is 32.5. The van der Waals surface area contributed by atoms with Gasteiger partial charge in [-0.25, -0.2) is 4.99 Å². The number of fused-ring (bicyclic) bond motifs is 1. The van der Waals surface area contributed by atoms with E-state index in [2.05, 4.69) is 6.58 Å². The second-order valence-electron chi connectivity index (χ2n) is 7.68. The molecule has 1 aliphatic heterocycles. The number of thioether (sulfide) groups is 1. The number of ketones is 1. The molecule has 3 aromatic rings. The number of benzene rings is 3. The first-order chi connectivity index (χ1) is 15.0. The van der Waals surface area contributed by atoms with Crippen LogP contribution in [0.15, 0.2) is 78.3 Å². The highest BCUT2D eigenvalue weighted by Crippen LogP contribution is 2.34. The highest BCUT2D eigenvalue weighted by atomic mass is 32.2. The van der Waals surface area contributed by atoms with Crippen LogP contribution in [0.25, 0.3) is 10.8 Å². The summed E-state index contributed by atoms with van der Waals surface area (Å²) in [6.07, 6.45) is 1.84. The van der Waals surface area contributed by atoms with Crippen molar-refractivity contribution in [3.8, 4) is 0 Å². The van der Waals surface area contributed by atoms with Gasteiger partial charge in [-0.15, -0.1) is 6.58 Å². The fraction of sp³-hybridized carbons (Fsp3) is 0.192. The zero-order valence-electron chi connectivity index (χ0n) is 17.7. The minimum absolute atomic E-state index is 0.0167. The molecule has 1 saturated heterocycles. The van der Waals surface area contributed by atoms with Crippen LogP contribution in [0.4, 0.5) is 5.69 Å². The molecule has 4 nitrogen and oxygen atoms in total. The van der Waals surface area contributed by atoms with Crippen molar-refractivity contribution in [2.24, 2.45) is 4.99 Å². The van der Waals surface area contributed by atoms with Crippen LogP contribution >= 0.6 is 11.8 Å². The van der Waals surface area contributed by atoms with E-state index >= 15 is 0 Å².